The van der Waals surface area contributed by atoms with Crippen LogP contribution in [0.15, 0.2) is 24.3 Å². The number of rotatable bonds is 5. The third-order valence-electron chi connectivity index (χ3n) is 4.98. The lowest BCUT2D eigenvalue weighted by Gasteiger charge is -2.41. The van der Waals surface area contributed by atoms with Gasteiger partial charge >= 0.3 is 5.97 Å². The lowest BCUT2D eigenvalue weighted by molar-refractivity contribution is -0.161. The molecule has 1 atom stereocenters. The van der Waals surface area contributed by atoms with Crippen LogP contribution in [0.25, 0.3) is 0 Å². The number of esters is 1. The summed E-state index contributed by atoms with van der Waals surface area (Å²) in [6, 6.07) is 7.61. The standard InChI is InChI=1S/C18H25NO5/c1-21-14-4-3-5-15(12-14)24-16-6-9-19(13-16)18(17(20)22-2)7-10-23-11-8-18/h3-5,12,16H,6-11,13H2,1-2H3/t16-/m1/s1. The minimum absolute atomic E-state index is 0.0569. The first-order chi connectivity index (χ1) is 11.7. The van der Waals surface area contributed by atoms with Gasteiger partial charge in [0.15, 0.2) is 0 Å². The molecule has 24 heavy (non-hydrogen) atoms. The summed E-state index contributed by atoms with van der Waals surface area (Å²) >= 11 is 0. The van der Waals surface area contributed by atoms with Crippen molar-refractivity contribution in [3.8, 4) is 11.5 Å². The van der Waals surface area contributed by atoms with Crippen LogP contribution >= 0.6 is 0 Å². The normalized spacial score (nSPS) is 23.7. The molecule has 0 N–H and O–H groups in total. The lowest BCUT2D eigenvalue weighted by atomic mass is 9.88. The van der Waals surface area contributed by atoms with E-state index in [1.165, 1.54) is 7.11 Å². The minimum atomic E-state index is -0.570. The lowest BCUT2D eigenvalue weighted by Crippen LogP contribution is -2.57. The van der Waals surface area contributed by atoms with Crippen LogP contribution in [0, 0.1) is 0 Å². The average Bonchev–Trinajstić information content (AvgIpc) is 3.10. The summed E-state index contributed by atoms with van der Waals surface area (Å²) in [6.45, 7) is 2.72. The Kier molecular flexibility index (Phi) is 5.26. The molecule has 0 aliphatic carbocycles. The zero-order chi connectivity index (χ0) is 17.0. The Morgan fingerprint density at radius 2 is 2.00 bits per heavy atom. The molecule has 0 amide bonds. The molecule has 0 saturated carbocycles. The smallest absolute Gasteiger partial charge is 0.326 e. The van der Waals surface area contributed by atoms with Crippen molar-refractivity contribution in [1.29, 1.82) is 0 Å². The second kappa shape index (κ2) is 7.40. The van der Waals surface area contributed by atoms with Crippen LogP contribution in [0.1, 0.15) is 19.3 Å². The maximum Gasteiger partial charge on any atom is 0.326 e. The third kappa shape index (κ3) is 3.35. The monoisotopic (exact) mass is 335 g/mol. The van der Waals surface area contributed by atoms with Gasteiger partial charge in [0.05, 0.1) is 14.2 Å². The number of methoxy groups -OCH3 is 2. The van der Waals surface area contributed by atoms with Gasteiger partial charge in [0.2, 0.25) is 0 Å². The Morgan fingerprint density at radius 1 is 1.25 bits per heavy atom. The van der Waals surface area contributed by atoms with E-state index in [-0.39, 0.29) is 12.1 Å². The summed E-state index contributed by atoms with van der Waals surface area (Å²) in [5.41, 5.74) is -0.570. The summed E-state index contributed by atoms with van der Waals surface area (Å²) in [5.74, 6) is 1.41. The molecule has 1 aromatic rings. The topological polar surface area (TPSA) is 57.2 Å². The molecule has 6 heteroatoms. The Bertz CT molecular complexity index is 570. The van der Waals surface area contributed by atoms with Gasteiger partial charge in [0, 0.05) is 32.4 Å². The van der Waals surface area contributed by atoms with Crippen LogP contribution in [0.5, 0.6) is 11.5 Å². The van der Waals surface area contributed by atoms with E-state index in [4.69, 9.17) is 18.9 Å². The first kappa shape index (κ1) is 17.0. The summed E-state index contributed by atoms with van der Waals surface area (Å²) in [5, 5.41) is 0. The molecular formula is C18H25NO5. The maximum absolute atomic E-state index is 12.4. The van der Waals surface area contributed by atoms with E-state index >= 15 is 0 Å². The summed E-state index contributed by atoms with van der Waals surface area (Å²) in [4.78, 5) is 14.7. The SMILES string of the molecule is COC(=O)C1(N2CC[C@@H](Oc3cccc(OC)c3)C2)CCOCC1. The Labute approximate surface area is 142 Å². The molecule has 3 rings (SSSR count). The first-order valence-corrected chi connectivity index (χ1v) is 8.40. The molecular weight excluding hydrogens is 310 g/mol. The fourth-order valence-corrected chi connectivity index (χ4v) is 3.63. The number of carbonyl (C=O) groups is 1. The summed E-state index contributed by atoms with van der Waals surface area (Å²) in [6.07, 6.45) is 2.29. The van der Waals surface area contributed by atoms with Gasteiger partial charge in [0.25, 0.3) is 0 Å². The molecule has 132 valence electrons. The van der Waals surface area contributed by atoms with E-state index in [2.05, 4.69) is 4.90 Å². The summed E-state index contributed by atoms with van der Waals surface area (Å²) in [7, 11) is 3.10. The second-order valence-electron chi connectivity index (χ2n) is 6.29. The van der Waals surface area contributed by atoms with Gasteiger partial charge in [-0.3, -0.25) is 9.69 Å². The van der Waals surface area contributed by atoms with Crippen LogP contribution in [0.4, 0.5) is 0 Å². The van der Waals surface area contributed by atoms with Crippen LogP contribution in [-0.2, 0) is 14.3 Å². The van der Waals surface area contributed by atoms with Crippen molar-refractivity contribution in [1.82, 2.24) is 4.90 Å². The van der Waals surface area contributed by atoms with Crippen LogP contribution in [-0.4, -0.2) is 63.0 Å². The first-order valence-electron chi connectivity index (χ1n) is 8.40. The fourth-order valence-electron chi connectivity index (χ4n) is 3.63. The highest BCUT2D eigenvalue weighted by molar-refractivity contribution is 5.81. The van der Waals surface area contributed by atoms with Crippen molar-refractivity contribution in [2.75, 3.05) is 40.5 Å². The van der Waals surface area contributed by atoms with E-state index in [1.54, 1.807) is 7.11 Å². The van der Waals surface area contributed by atoms with Gasteiger partial charge in [-0.2, -0.15) is 0 Å². The van der Waals surface area contributed by atoms with Crippen LogP contribution in [0.3, 0.4) is 0 Å². The highest BCUT2D eigenvalue weighted by Crippen LogP contribution is 2.33. The number of ether oxygens (including phenoxy) is 4. The molecule has 1 aromatic carbocycles. The number of nitrogens with zero attached hydrogens (tertiary/aromatic N) is 1. The highest BCUT2D eigenvalue weighted by atomic mass is 16.5. The molecule has 0 spiro atoms. The molecule has 0 radical (unpaired) electrons. The summed E-state index contributed by atoms with van der Waals surface area (Å²) < 4.78 is 21.9. The van der Waals surface area contributed by atoms with Gasteiger partial charge in [-0.1, -0.05) is 6.07 Å². The van der Waals surface area contributed by atoms with Crippen molar-refractivity contribution >= 4 is 5.97 Å². The van der Waals surface area contributed by atoms with E-state index in [9.17, 15) is 4.79 Å². The zero-order valence-electron chi connectivity index (χ0n) is 14.3. The largest absolute Gasteiger partial charge is 0.497 e. The van der Waals surface area contributed by atoms with Crippen LogP contribution in [0.2, 0.25) is 0 Å². The maximum atomic E-state index is 12.4. The predicted octanol–water partition coefficient (Wildman–Crippen LogP) is 1.87. The number of hydrogen-bond acceptors (Lipinski definition) is 6. The fraction of sp³-hybridized carbons (Fsp3) is 0.611. The number of carbonyl (C=O) groups excluding carboxylic acids is 1. The molecule has 0 aromatic heterocycles. The molecule has 2 heterocycles. The van der Waals surface area contributed by atoms with Crippen molar-refractivity contribution in [2.24, 2.45) is 0 Å². The van der Waals surface area contributed by atoms with E-state index in [1.807, 2.05) is 24.3 Å². The Balaban J connectivity index is 1.68. The molecule has 0 unspecified atom stereocenters. The zero-order valence-corrected chi connectivity index (χ0v) is 14.3. The van der Waals surface area contributed by atoms with Crippen molar-refractivity contribution in [3.05, 3.63) is 24.3 Å². The molecule has 2 aliphatic heterocycles. The van der Waals surface area contributed by atoms with Crippen LogP contribution < -0.4 is 9.47 Å². The Hall–Kier alpha value is -1.79. The van der Waals surface area contributed by atoms with Gasteiger partial charge < -0.3 is 18.9 Å². The average molecular weight is 335 g/mol. The number of hydrogen-bond donors (Lipinski definition) is 0. The van der Waals surface area contributed by atoms with Gasteiger partial charge in [-0.05, 0) is 31.4 Å². The van der Waals surface area contributed by atoms with Gasteiger partial charge in [-0.25, -0.2) is 0 Å². The van der Waals surface area contributed by atoms with Crippen molar-refractivity contribution in [2.45, 2.75) is 30.9 Å². The quantitative estimate of drug-likeness (QED) is 0.766. The molecule has 2 saturated heterocycles. The molecule has 2 aliphatic rings. The minimum Gasteiger partial charge on any atom is -0.497 e. The second-order valence-corrected chi connectivity index (χ2v) is 6.29. The number of likely N-dealkylation sites (tertiary alicyclic amines) is 1. The van der Waals surface area contributed by atoms with E-state index in [0.29, 0.717) is 32.6 Å². The predicted molar refractivity (Wildman–Crippen MR) is 88.4 cm³/mol. The Morgan fingerprint density at radius 3 is 2.71 bits per heavy atom. The van der Waals surface area contributed by atoms with E-state index in [0.717, 1.165) is 24.5 Å². The molecule has 0 bridgehead atoms. The highest BCUT2D eigenvalue weighted by Gasteiger charge is 2.48. The molecule has 6 nitrogen and oxygen atoms in total. The third-order valence-corrected chi connectivity index (χ3v) is 4.98. The van der Waals surface area contributed by atoms with Crippen molar-refractivity contribution < 1.29 is 23.7 Å². The molecule has 2 fully saturated rings. The van der Waals surface area contributed by atoms with Gasteiger partial charge in [0.1, 0.15) is 23.1 Å². The number of benzene rings is 1. The van der Waals surface area contributed by atoms with Crippen molar-refractivity contribution in [3.63, 3.8) is 0 Å². The van der Waals surface area contributed by atoms with E-state index < -0.39 is 5.54 Å². The van der Waals surface area contributed by atoms with Gasteiger partial charge in [-0.15, -0.1) is 0 Å².